The van der Waals surface area contributed by atoms with Crippen molar-refractivity contribution in [2.24, 2.45) is 0 Å². The van der Waals surface area contributed by atoms with Gasteiger partial charge in [0.1, 0.15) is 23.4 Å². The number of amides is 1. The molecule has 194 valence electrons. The maximum Gasteiger partial charge on any atom is 0.254 e. The Kier molecular flexibility index (Phi) is 7.87. The van der Waals surface area contributed by atoms with Gasteiger partial charge in [0.05, 0.1) is 24.1 Å². The lowest BCUT2D eigenvalue weighted by atomic mass is 9.98. The van der Waals surface area contributed by atoms with Gasteiger partial charge in [-0.25, -0.2) is 0 Å². The van der Waals surface area contributed by atoms with E-state index in [4.69, 9.17) is 25.8 Å². The molecule has 0 saturated carbocycles. The predicted octanol–water partition coefficient (Wildman–Crippen LogP) is 7.17. The highest BCUT2D eigenvalue weighted by atomic mass is 35.5. The monoisotopic (exact) mass is 537 g/mol. The van der Waals surface area contributed by atoms with Crippen molar-refractivity contribution in [2.75, 3.05) is 14.2 Å². The number of rotatable bonds is 8. The highest BCUT2D eigenvalue weighted by Crippen LogP contribution is 2.40. The van der Waals surface area contributed by atoms with Crippen LogP contribution in [0.2, 0.25) is 5.02 Å². The number of carbonyl (C=O) groups excluding carboxylic acids is 1. The third-order valence-corrected chi connectivity index (χ3v) is 8.69. The molecule has 0 spiro atoms. The Morgan fingerprint density at radius 1 is 0.946 bits per heavy atom. The molecule has 0 N–H and O–H groups in total. The number of hydrogen-bond donors (Lipinski definition) is 0. The smallest absolute Gasteiger partial charge is 0.254 e. The van der Waals surface area contributed by atoms with Gasteiger partial charge in [-0.3, -0.25) is 4.79 Å². The summed E-state index contributed by atoms with van der Waals surface area (Å²) in [5, 5.41) is 0.638. The number of thioether (sulfide) groups is 1. The molecule has 0 unspecified atom stereocenters. The lowest BCUT2D eigenvalue weighted by Crippen LogP contribution is -2.49. The van der Waals surface area contributed by atoms with Gasteiger partial charge in [0.15, 0.2) is 0 Å². The molecule has 7 heteroatoms. The van der Waals surface area contributed by atoms with E-state index in [0.717, 1.165) is 70.3 Å². The van der Waals surface area contributed by atoms with Gasteiger partial charge < -0.3 is 19.1 Å². The number of nitrogens with zero attached hydrogens (tertiary/aromatic N) is 1. The standard InChI is InChI=1S/C30H32ClNO4S/c1-19-4-12-26(31)28(14-19)36-25-15-22-9-10-23(16-25)32(22)30(33)21-7-5-20(6-8-21)18-37-29-17-24(34-2)11-13-27(29)35-3/h4-8,11-14,17,22-23,25H,9-10,15-16,18H2,1-3H3/t22-,23-/m0/s1. The normalized spacial score (nSPS) is 20.5. The van der Waals surface area contributed by atoms with E-state index < -0.39 is 0 Å². The summed E-state index contributed by atoms with van der Waals surface area (Å²) in [6, 6.07) is 20.1. The average Bonchev–Trinajstić information content (AvgIpc) is 3.19. The largest absolute Gasteiger partial charge is 0.497 e. The molecule has 2 atom stereocenters. The maximum atomic E-state index is 13.5. The fraction of sp³-hybridized carbons (Fsp3) is 0.367. The summed E-state index contributed by atoms with van der Waals surface area (Å²) in [5.41, 5.74) is 3.02. The van der Waals surface area contributed by atoms with E-state index in [2.05, 4.69) is 4.90 Å². The van der Waals surface area contributed by atoms with Crippen LogP contribution in [0, 0.1) is 6.92 Å². The van der Waals surface area contributed by atoms with E-state index in [0.29, 0.717) is 5.02 Å². The first-order valence-corrected chi connectivity index (χ1v) is 14.0. The molecule has 1 amide bonds. The van der Waals surface area contributed by atoms with Crippen molar-refractivity contribution in [3.05, 3.63) is 82.4 Å². The van der Waals surface area contributed by atoms with Crippen molar-refractivity contribution in [1.29, 1.82) is 0 Å². The first-order valence-electron chi connectivity index (χ1n) is 12.6. The molecule has 0 radical (unpaired) electrons. The molecule has 37 heavy (non-hydrogen) atoms. The molecule has 2 bridgehead atoms. The van der Waals surface area contributed by atoms with Crippen molar-refractivity contribution in [3.8, 4) is 17.2 Å². The number of fused-ring (bicyclic) bond motifs is 2. The van der Waals surface area contributed by atoms with Crippen LogP contribution < -0.4 is 14.2 Å². The summed E-state index contributed by atoms with van der Waals surface area (Å²) in [5.74, 6) is 3.26. The van der Waals surface area contributed by atoms with Crippen molar-refractivity contribution >= 4 is 29.3 Å². The zero-order valence-electron chi connectivity index (χ0n) is 21.4. The number of benzene rings is 3. The lowest BCUT2D eigenvalue weighted by Gasteiger charge is -2.39. The summed E-state index contributed by atoms with van der Waals surface area (Å²) in [6.45, 7) is 2.04. The highest BCUT2D eigenvalue weighted by Gasteiger charge is 2.44. The first-order chi connectivity index (χ1) is 17.9. The van der Waals surface area contributed by atoms with Crippen LogP contribution in [0.5, 0.6) is 17.2 Å². The van der Waals surface area contributed by atoms with Gasteiger partial charge in [0.25, 0.3) is 5.91 Å². The van der Waals surface area contributed by atoms with E-state index in [9.17, 15) is 4.79 Å². The molecule has 2 saturated heterocycles. The number of piperidine rings is 1. The maximum absolute atomic E-state index is 13.5. The van der Waals surface area contributed by atoms with Crippen LogP contribution in [-0.2, 0) is 5.75 Å². The number of hydrogen-bond acceptors (Lipinski definition) is 5. The molecule has 3 aromatic carbocycles. The average molecular weight is 538 g/mol. The number of aryl methyl sites for hydroxylation is 1. The van der Waals surface area contributed by atoms with Crippen LogP contribution in [0.3, 0.4) is 0 Å². The topological polar surface area (TPSA) is 48.0 Å². The summed E-state index contributed by atoms with van der Waals surface area (Å²) in [6.07, 6.45) is 3.80. The SMILES string of the molecule is COc1ccc(OC)c(SCc2ccc(C(=O)N3[C@H]4CC[C@H]3CC(Oc3cc(C)ccc3Cl)C4)cc2)c1. The fourth-order valence-corrected chi connectivity index (χ4v) is 6.56. The molecule has 2 heterocycles. The molecule has 5 nitrogen and oxygen atoms in total. The van der Waals surface area contributed by atoms with E-state index in [1.807, 2.05) is 67.6 Å². The Labute approximate surface area is 228 Å². The summed E-state index contributed by atoms with van der Waals surface area (Å²) < 4.78 is 17.1. The number of ether oxygens (including phenoxy) is 3. The van der Waals surface area contributed by atoms with E-state index in [1.54, 1.807) is 26.0 Å². The van der Waals surface area contributed by atoms with Crippen molar-refractivity contribution in [2.45, 2.75) is 61.4 Å². The Balaban J connectivity index is 1.21. The van der Waals surface area contributed by atoms with Crippen LogP contribution in [0.25, 0.3) is 0 Å². The van der Waals surface area contributed by atoms with Gasteiger partial charge in [-0.1, -0.05) is 29.8 Å². The minimum absolute atomic E-state index is 0.0776. The second-order valence-electron chi connectivity index (χ2n) is 9.74. The fourth-order valence-electron chi connectivity index (χ4n) is 5.39. The summed E-state index contributed by atoms with van der Waals surface area (Å²) in [7, 11) is 3.33. The zero-order valence-corrected chi connectivity index (χ0v) is 23.0. The second kappa shape index (κ2) is 11.3. The van der Waals surface area contributed by atoms with Gasteiger partial charge in [0.2, 0.25) is 0 Å². The minimum Gasteiger partial charge on any atom is -0.497 e. The third-order valence-electron chi connectivity index (χ3n) is 7.27. The number of methoxy groups -OCH3 is 2. The van der Waals surface area contributed by atoms with Crippen LogP contribution in [-0.4, -0.2) is 43.2 Å². The molecule has 2 fully saturated rings. The first kappa shape index (κ1) is 25.8. The number of carbonyl (C=O) groups is 1. The van der Waals surface area contributed by atoms with Crippen LogP contribution in [0.15, 0.2) is 65.6 Å². The molecule has 2 aliphatic rings. The summed E-state index contributed by atoms with van der Waals surface area (Å²) in [4.78, 5) is 16.6. The van der Waals surface area contributed by atoms with Crippen molar-refractivity contribution < 1.29 is 19.0 Å². The Hall–Kier alpha value is -2.83. The molecule has 0 aliphatic carbocycles. The van der Waals surface area contributed by atoms with E-state index in [-0.39, 0.29) is 24.1 Å². The summed E-state index contributed by atoms with van der Waals surface area (Å²) >= 11 is 8.05. The Bertz CT molecular complexity index is 1250. The number of halogens is 1. The van der Waals surface area contributed by atoms with Gasteiger partial charge >= 0.3 is 0 Å². The van der Waals surface area contributed by atoms with Gasteiger partial charge in [0, 0.05) is 36.2 Å². The van der Waals surface area contributed by atoms with Crippen molar-refractivity contribution in [1.82, 2.24) is 4.90 Å². The Morgan fingerprint density at radius 2 is 1.68 bits per heavy atom. The quantitative estimate of drug-likeness (QED) is 0.285. The van der Waals surface area contributed by atoms with Crippen LogP contribution in [0.4, 0.5) is 0 Å². The van der Waals surface area contributed by atoms with E-state index in [1.165, 1.54) is 0 Å². The van der Waals surface area contributed by atoms with Gasteiger partial charge in [-0.05, 0) is 73.4 Å². The van der Waals surface area contributed by atoms with Gasteiger partial charge in [-0.2, -0.15) is 0 Å². The van der Waals surface area contributed by atoms with Crippen molar-refractivity contribution in [3.63, 3.8) is 0 Å². The van der Waals surface area contributed by atoms with Crippen LogP contribution in [0.1, 0.15) is 47.2 Å². The second-order valence-corrected chi connectivity index (χ2v) is 11.2. The van der Waals surface area contributed by atoms with E-state index >= 15 is 0 Å². The zero-order chi connectivity index (χ0) is 25.9. The van der Waals surface area contributed by atoms with Crippen LogP contribution >= 0.6 is 23.4 Å². The molecule has 0 aromatic heterocycles. The molecule has 5 rings (SSSR count). The Morgan fingerprint density at radius 3 is 2.35 bits per heavy atom. The third kappa shape index (κ3) is 5.70. The predicted molar refractivity (Wildman–Crippen MR) is 148 cm³/mol. The highest BCUT2D eigenvalue weighted by molar-refractivity contribution is 7.98. The molecular weight excluding hydrogens is 506 g/mol. The lowest BCUT2D eigenvalue weighted by molar-refractivity contribution is 0.0359. The minimum atomic E-state index is 0.0776. The molecule has 2 aliphatic heterocycles. The molecule has 3 aromatic rings. The molecular formula is C30H32ClNO4S. The van der Waals surface area contributed by atoms with Gasteiger partial charge in [-0.15, -0.1) is 11.8 Å².